The highest BCUT2D eigenvalue weighted by atomic mass is 16.1. The lowest BCUT2D eigenvalue weighted by Gasteiger charge is -1.90. The van der Waals surface area contributed by atoms with Crippen LogP contribution in [0.1, 0.15) is 23.0 Å². The van der Waals surface area contributed by atoms with Crippen molar-refractivity contribution in [2.75, 3.05) is 0 Å². The van der Waals surface area contributed by atoms with Crippen LogP contribution in [0.15, 0.2) is 36.8 Å². The summed E-state index contributed by atoms with van der Waals surface area (Å²) in [5.74, 6) is -0.0331. The number of aryl methyl sites for hydroxylation is 1. The Bertz CT molecular complexity index is 494. The third-order valence-electron chi connectivity index (χ3n) is 2.28. The first kappa shape index (κ1) is 10.4. The number of aromatic nitrogens is 3. The summed E-state index contributed by atoms with van der Waals surface area (Å²) in [7, 11) is 0. The normalized spacial score (nSPS) is 11.1. The van der Waals surface area contributed by atoms with Crippen molar-refractivity contribution in [1.82, 2.24) is 14.8 Å². The lowest BCUT2D eigenvalue weighted by Crippen LogP contribution is -1.94. The molecule has 0 spiro atoms. The molecular formula is C12H13N3O. The number of rotatable bonds is 4. The van der Waals surface area contributed by atoms with E-state index in [9.17, 15) is 4.79 Å². The van der Waals surface area contributed by atoms with Gasteiger partial charge in [0.05, 0.1) is 11.8 Å². The van der Waals surface area contributed by atoms with Gasteiger partial charge in [0.1, 0.15) is 0 Å². The van der Waals surface area contributed by atoms with Crippen molar-refractivity contribution >= 4 is 11.9 Å². The number of carbonyl (C=O) groups excluding carboxylic acids is 1. The first-order chi connectivity index (χ1) is 7.79. The summed E-state index contributed by atoms with van der Waals surface area (Å²) in [4.78, 5) is 14.7. The summed E-state index contributed by atoms with van der Waals surface area (Å²) >= 11 is 0. The van der Waals surface area contributed by atoms with Crippen LogP contribution in [0.2, 0.25) is 0 Å². The van der Waals surface area contributed by atoms with Crippen LogP contribution in [-0.2, 0) is 6.54 Å². The van der Waals surface area contributed by atoms with E-state index in [0.29, 0.717) is 5.56 Å². The molecule has 0 bridgehead atoms. The summed E-state index contributed by atoms with van der Waals surface area (Å²) < 4.78 is 1.73. The van der Waals surface area contributed by atoms with E-state index in [2.05, 4.69) is 10.1 Å². The van der Waals surface area contributed by atoms with Crippen molar-refractivity contribution in [1.29, 1.82) is 0 Å². The zero-order chi connectivity index (χ0) is 11.4. The zero-order valence-corrected chi connectivity index (χ0v) is 9.05. The monoisotopic (exact) mass is 215 g/mol. The van der Waals surface area contributed by atoms with Crippen molar-refractivity contribution in [3.8, 4) is 0 Å². The quantitative estimate of drug-likeness (QED) is 0.627. The molecule has 4 nitrogen and oxygen atoms in total. The molecule has 0 aromatic carbocycles. The summed E-state index contributed by atoms with van der Waals surface area (Å²) in [6.07, 6.45) is 8.46. The Kier molecular flexibility index (Phi) is 3.00. The molecular weight excluding hydrogens is 202 g/mol. The number of H-pyrrole nitrogens is 1. The van der Waals surface area contributed by atoms with Gasteiger partial charge in [-0.3, -0.25) is 9.48 Å². The molecule has 0 saturated carbocycles. The number of allylic oxidation sites excluding steroid dienone is 1. The average molecular weight is 215 g/mol. The molecule has 0 radical (unpaired) electrons. The van der Waals surface area contributed by atoms with Gasteiger partial charge in [0.25, 0.3) is 0 Å². The molecule has 0 unspecified atom stereocenters. The van der Waals surface area contributed by atoms with Gasteiger partial charge in [-0.15, -0.1) is 0 Å². The molecule has 0 fully saturated rings. The molecule has 16 heavy (non-hydrogen) atoms. The molecule has 0 amide bonds. The maximum atomic E-state index is 11.7. The van der Waals surface area contributed by atoms with Gasteiger partial charge in [0.2, 0.25) is 0 Å². The number of hydrogen-bond acceptors (Lipinski definition) is 2. The summed E-state index contributed by atoms with van der Waals surface area (Å²) in [6.45, 7) is 2.75. The van der Waals surface area contributed by atoms with Crippen molar-refractivity contribution in [3.05, 3.63) is 48.1 Å². The summed E-state index contributed by atoms with van der Waals surface area (Å²) in [5, 5.41) is 4.05. The SMILES string of the molecule is CCn1cc(C(=O)/C=C/c2ccc[nH]2)cn1. The predicted octanol–water partition coefficient (Wildman–Crippen LogP) is 2.13. The van der Waals surface area contributed by atoms with E-state index in [-0.39, 0.29) is 5.78 Å². The van der Waals surface area contributed by atoms with Crippen LogP contribution >= 0.6 is 0 Å². The van der Waals surface area contributed by atoms with E-state index in [0.717, 1.165) is 12.2 Å². The fraction of sp³-hybridized carbons (Fsp3) is 0.167. The first-order valence-electron chi connectivity index (χ1n) is 5.18. The van der Waals surface area contributed by atoms with Crippen LogP contribution in [0.5, 0.6) is 0 Å². The van der Waals surface area contributed by atoms with E-state index in [4.69, 9.17) is 0 Å². The second-order valence-electron chi connectivity index (χ2n) is 3.41. The van der Waals surface area contributed by atoms with Gasteiger partial charge in [-0.1, -0.05) is 0 Å². The third-order valence-corrected chi connectivity index (χ3v) is 2.28. The molecule has 82 valence electrons. The molecule has 0 aliphatic heterocycles. The second-order valence-corrected chi connectivity index (χ2v) is 3.41. The molecule has 2 aromatic heterocycles. The van der Waals surface area contributed by atoms with Crippen LogP contribution in [0.25, 0.3) is 6.08 Å². The molecule has 2 aromatic rings. The van der Waals surface area contributed by atoms with Crippen molar-refractivity contribution in [3.63, 3.8) is 0 Å². The van der Waals surface area contributed by atoms with E-state index in [1.165, 1.54) is 0 Å². The van der Waals surface area contributed by atoms with E-state index in [1.54, 1.807) is 29.2 Å². The molecule has 0 saturated heterocycles. The maximum Gasteiger partial charge on any atom is 0.189 e. The molecule has 0 atom stereocenters. The fourth-order valence-electron chi connectivity index (χ4n) is 1.37. The van der Waals surface area contributed by atoms with E-state index in [1.807, 2.05) is 25.3 Å². The third kappa shape index (κ3) is 2.28. The summed E-state index contributed by atoms with van der Waals surface area (Å²) in [5.41, 5.74) is 1.53. The smallest absolute Gasteiger partial charge is 0.189 e. The van der Waals surface area contributed by atoms with Crippen molar-refractivity contribution in [2.45, 2.75) is 13.5 Å². The Hall–Kier alpha value is -2.10. The standard InChI is InChI=1S/C12H13N3O/c1-2-15-9-10(8-14-15)12(16)6-5-11-4-3-7-13-11/h3-9,13H,2H2,1H3/b6-5+. The minimum atomic E-state index is -0.0331. The largest absolute Gasteiger partial charge is 0.362 e. The predicted molar refractivity (Wildman–Crippen MR) is 62.1 cm³/mol. The number of nitrogens with one attached hydrogen (secondary N) is 1. The molecule has 2 heterocycles. The summed E-state index contributed by atoms with van der Waals surface area (Å²) in [6, 6.07) is 3.79. The molecule has 0 aliphatic carbocycles. The topological polar surface area (TPSA) is 50.7 Å². The van der Waals surface area contributed by atoms with Gasteiger partial charge in [-0.2, -0.15) is 5.10 Å². The number of ketones is 1. The number of hydrogen-bond donors (Lipinski definition) is 1. The van der Waals surface area contributed by atoms with Crippen LogP contribution in [0, 0.1) is 0 Å². The van der Waals surface area contributed by atoms with Crippen LogP contribution in [0.3, 0.4) is 0 Å². The number of carbonyl (C=O) groups is 1. The highest BCUT2D eigenvalue weighted by Crippen LogP contribution is 2.03. The maximum absolute atomic E-state index is 11.7. The van der Waals surface area contributed by atoms with E-state index >= 15 is 0 Å². The van der Waals surface area contributed by atoms with Crippen LogP contribution < -0.4 is 0 Å². The highest BCUT2D eigenvalue weighted by molar-refractivity contribution is 6.06. The van der Waals surface area contributed by atoms with Gasteiger partial charge in [-0.25, -0.2) is 0 Å². The molecule has 4 heteroatoms. The first-order valence-corrected chi connectivity index (χ1v) is 5.18. The fourth-order valence-corrected chi connectivity index (χ4v) is 1.37. The van der Waals surface area contributed by atoms with Crippen LogP contribution in [0.4, 0.5) is 0 Å². The second kappa shape index (κ2) is 4.61. The van der Waals surface area contributed by atoms with Gasteiger partial charge in [-0.05, 0) is 31.2 Å². The Balaban J connectivity index is 2.08. The lowest BCUT2D eigenvalue weighted by molar-refractivity contribution is 0.104. The van der Waals surface area contributed by atoms with Crippen molar-refractivity contribution < 1.29 is 4.79 Å². The van der Waals surface area contributed by atoms with Gasteiger partial charge < -0.3 is 4.98 Å². The molecule has 2 rings (SSSR count). The molecule has 1 N–H and O–H groups in total. The Morgan fingerprint density at radius 1 is 1.62 bits per heavy atom. The number of nitrogens with zero attached hydrogens (tertiary/aromatic N) is 2. The van der Waals surface area contributed by atoms with Gasteiger partial charge in [0, 0.05) is 24.6 Å². The average Bonchev–Trinajstić information content (AvgIpc) is 2.96. The number of aromatic amines is 1. The Morgan fingerprint density at radius 3 is 3.12 bits per heavy atom. The molecule has 0 aliphatic rings. The van der Waals surface area contributed by atoms with Gasteiger partial charge >= 0.3 is 0 Å². The highest BCUT2D eigenvalue weighted by Gasteiger charge is 2.04. The minimum Gasteiger partial charge on any atom is -0.362 e. The minimum absolute atomic E-state index is 0.0331. The zero-order valence-electron chi connectivity index (χ0n) is 9.05. The van der Waals surface area contributed by atoms with E-state index < -0.39 is 0 Å². The van der Waals surface area contributed by atoms with Crippen molar-refractivity contribution in [2.24, 2.45) is 0 Å². The van der Waals surface area contributed by atoms with Gasteiger partial charge in [0.15, 0.2) is 5.78 Å². The van der Waals surface area contributed by atoms with Crippen LogP contribution in [-0.4, -0.2) is 20.5 Å². The Morgan fingerprint density at radius 2 is 2.50 bits per heavy atom. The Labute approximate surface area is 93.6 Å². The lowest BCUT2D eigenvalue weighted by atomic mass is 10.2.